The van der Waals surface area contributed by atoms with Crippen LogP contribution >= 0.6 is 0 Å². The van der Waals surface area contributed by atoms with Crippen molar-refractivity contribution < 1.29 is 28.5 Å². The molecule has 0 radical (unpaired) electrons. The number of hydrogen-bond donors (Lipinski definition) is 1. The van der Waals surface area contributed by atoms with Crippen molar-refractivity contribution in [1.29, 1.82) is 0 Å². The minimum atomic E-state index is -0.988. The molecule has 0 saturated carbocycles. The Bertz CT molecular complexity index is 806. The Balaban J connectivity index is 2.09. The predicted octanol–water partition coefficient (Wildman–Crippen LogP) is 3.46. The van der Waals surface area contributed by atoms with Crippen molar-refractivity contribution in [3.05, 3.63) is 47.5 Å². The van der Waals surface area contributed by atoms with Gasteiger partial charge in [0.25, 0.3) is 5.91 Å². The van der Waals surface area contributed by atoms with Crippen LogP contribution in [0.25, 0.3) is 0 Å². The van der Waals surface area contributed by atoms with Gasteiger partial charge in [-0.3, -0.25) is 4.79 Å². The lowest BCUT2D eigenvalue weighted by atomic mass is 10.1. The number of methoxy groups -OCH3 is 3. The summed E-state index contributed by atoms with van der Waals surface area (Å²) >= 11 is 0. The van der Waals surface area contributed by atoms with Crippen LogP contribution < -0.4 is 19.5 Å². The van der Waals surface area contributed by atoms with Crippen LogP contribution in [0.5, 0.6) is 17.2 Å². The number of hydrogen-bond acceptors (Lipinski definition) is 6. The van der Waals surface area contributed by atoms with E-state index >= 15 is 0 Å². The van der Waals surface area contributed by atoms with Gasteiger partial charge in [0.05, 0.1) is 26.9 Å². The van der Waals surface area contributed by atoms with Gasteiger partial charge < -0.3 is 24.3 Å². The molecule has 7 heteroatoms. The summed E-state index contributed by atoms with van der Waals surface area (Å²) in [5, 5.41) is 2.73. The van der Waals surface area contributed by atoms with E-state index in [-0.39, 0.29) is 5.56 Å². The first-order valence-corrected chi connectivity index (χ1v) is 8.84. The fourth-order valence-electron chi connectivity index (χ4n) is 2.55. The van der Waals surface area contributed by atoms with Crippen molar-refractivity contribution in [3.63, 3.8) is 0 Å². The number of anilines is 1. The molecular formula is C21H25NO6. The minimum absolute atomic E-state index is 0.182. The Morgan fingerprint density at radius 2 is 1.54 bits per heavy atom. The molecule has 2 rings (SSSR count). The van der Waals surface area contributed by atoms with E-state index in [4.69, 9.17) is 18.9 Å². The zero-order valence-electron chi connectivity index (χ0n) is 16.7. The van der Waals surface area contributed by atoms with Crippen molar-refractivity contribution >= 4 is 17.6 Å². The van der Waals surface area contributed by atoms with Crippen molar-refractivity contribution in [2.75, 3.05) is 26.6 Å². The van der Waals surface area contributed by atoms with E-state index in [0.29, 0.717) is 22.9 Å². The molecule has 0 heterocycles. The van der Waals surface area contributed by atoms with E-state index in [1.54, 1.807) is 0 Å². The van der Waals surface area contributed by atoms with Gasteiger partial charge >= 0.3 is 5.97 Å². The molecule has 0 aromatic heterocycles. The van der Waals surface area contributed by atoms with Crippen molar-refractivity contribution in [3.8, 4) is 17.2 Å². The maximum absolute atomic E-state index is 12.5. The molecule has 150 valence electrons. The van der Waals surface area contributed by atoms with Gasteiger partial charge in [-0.15, -0.1) is 0 Å². The number of carbonyl (C=O) groups excluding carboxylic acids is 2. The highest BCUT2D eigenvalue weighted by Gasteiger charge is 2.22. The van der Waals surface area contributed by atoms with Gasteiger partial charge in [0.1, 0.15) is 0 Å². The van der Waals surface area contributed by atoms with Crippen LogP contribution in [0.2, 0.25) is 0 Å². The predicted molar refractivity (Wildman–Crippen MR) is 105 cm³/mol. The third-order valence-corrected chi connectivity index (χ3v) is 4.18. The summed E-state index contributed by atoms with van der Waals surface area (Å²) in [5.41, 5.74) is 1.99. The van der Waals surface area contributed by atoms with Gasteiger partial charge in [-0.05, 0) is 43.2 Å². The Labute approximate surface area is 164 Å². The Kier molecular flexibility index (Phi) is 7.26. The second kappa shape index (κ2) is 9.64. The van der Waals surface area contributed by atoms with Crippen molar-refractivity contribution in [2.24, 2.45) is 0 Å². The van der Waals surface area contributed by atoms with Gasteiger partial charge in [0.2, 0.25) is 5.75 Å². The third kappa shape index (κ3) is 4.94. The summed E-state index contributed by atoms with van der Waals surface area (Å²) in [6.07, 6.45) is -0.0748. The maximum atomic E-state index is 12.5. The largest absolute Gasteiger partial charge is 0.493 e. The van der Waals surface area contributed by atoms with Crippen LogP contribution in [0.3, 0.4) is 0 Å². The number of carbonyl (C=O) groups is 2. The second-order valence-corrected chi connectivity index (χ2v) is 6.00. The Morgan fingerprint density at radius 3 is 2.00 bits per heavy atom. The highest BCUT2D eigenvalue weighted by Crippen LogP contribution is 2.38. The van der Waals surface area contributed by atoms with Crippen LogP contribution in [0.4, 0.5) is 5.69 Å². The summed E-state index contributed by atoms with van der Waals surface area (Å²) in [5.74, 6) is -0.0972. The monoisotopic (exact) mass is 387 g/mol. The SMILES string of the molecule is CCc1ccc(NC(=O)[C@H](C)OC(=O)c2cc(OC)c(OC)c(OC)c2)cc1. The average Bonchev–Trinajstić information content (AvgIpc) is 2.72. The van der Waals surface area contributed by atoms with Gasteiger partial charge in [0.15, 0.2) is 17.6 Å². The molecule has 0 aliphatic carbocycles. The van der Waals surface area contributed by atoms with Gasteiger partial charge in [-0.25, -0.2) is 4.79 Å². The Hall–Kier alpha value is -3.22. The topological polar surface area (TPSA) is 83.1 Å². The first-order valence-electron chi connectivity index (χ1n) is 8.84. The molecule has 7 nitrogen and oxygen atoms in total. The molecule has 28 heavy (non-hydrogen) atoms. The number of rotatable bonds is 8. The van der Waals surface area contributed by atoms with Crippen LogP contribution in [-0.2, 0) is 16.0 Å². The molecule has 2 aromatic carbocycles. The highest BCUT2D eigenvalue weighted by molar-refractivity contribution is 5.97. The fourth-order valence-corrected chi connectivity index (χ4v) is 2.55. The molecule has 1 atom stereocenters. The second-order valence-electron chi connectivity index (χ2n) is 6.00. The normalized spacial score (nSPS) is 11.3. The molecule has 2 aromatic rings. The molecule has 0 aliphatic heterocycles. The first-order chi connectivity index (χ1) is 13.4. The molecule has 1 amide bonds. The van der Waals surface area contributed by atoms with Gasteiger partial charge in [0, 0.05) is 5.69 Å². The van der Waals surface area contributed by atoms with Crippen LogP contribution in [0.15, 0.2) is 36.4 Å². The van der Waals surface area contributed by atoms with E-state index in [2.05, 4.69) is 12.2 Å². The molecule has 0 aliphatic rings. The van der Waals surface area contributed by atoms with E-state index < -0.39 is 18.0 Å². The summed E-state index contributed by atoms with van der Waals surface area (Å²) in [4.78, 5) is 24.8. The van der Waals surface area contributed by atoms with E-state index in [1.165, 1.54) is 45.9 Å². The highest BCUT2D eigenvalue weighted by atomic mass is 16.5. The zero-order chi connectivity index (χ0) is 20.7. The standard InChI is InChI=1S/C21H25NO6/c1-6-14-7-9-16(10-8-14)22-20(23)13(2)28-21(24)15-11-17(25-3)19(27-5)18(12-15)26-4/h7-13H,6H2,1-5H3,(H,22,23)/t13-/m0/s1. The lowest BCUT2D eigenvalue weighted by molar-refractivity contribution is -0.123. The summed E-state index contributed by atoms with van der Waals surface area (Å²) in [6.45, 7) is 3.56. The van der Waals surface area contributed by atoms with Crippen LogP contribution in [0.1, 0.15) is 29.8 Å². The quantitative estimate of drug-likeness (QED) is 0.699. The lowest BCUT2D eigenvalue weighted by Crippen LogP contribution is -2.30. The van der Waals surface area contributed by atoms with Crippen LogP contribution in [-0.4, -0.2) is 39.3 Å². The summed E-state index contributed by atoms with van der Waals surface area (Å²) in [7, 11) is 4.37. The molecule has 0 fully saturated rings. The summed E-state index contributed by atoms with van der Waals surface area (Å²) in [6, 6.07) is 10.4. The molecule has 1 N–H and O–H groups in total. The molecule has 0 unspecified atom stereocenters. The number of nitrogens with one attached hydrogen (secondary N) is 1. The zero-order valence-corrected chi connectivity index (χ0v) is 16.7. The third-order valence-electron chi connectivity index (χ3n) is 4.18. The molecule has 0 spiro atoms. The van der Waals surface area contributed by atoms with Crippen molar-refractivity contribution in [2.45, 2.75) is 26.4 Å². The molecular weight excluding hydrogens is 362 g/mol. The summed E-state index contributed by atoms with van der Waals surface area (Å²) < 4.78 is 21.0. The first kappa shape index (κ1) is 21.1. The molecule has 0 bridgehead atoms. The fraction of sp³-hybridized carbons (Fsp3) is 0.333. The van der Waals surface area contributed by atoms with E-state index in [0.717, 1.165) is 6.42 Å². The van der Waals surface area contributed by atoms with Gasteiger partial charge in [-0.2, -0.15) is 0 Å². The number of ether oxygens (including phenoxy) is 4. The number of aryl methyl sites for hydroxylation is 1. The van der Waals surface area contributed by atoms with E-state index in [1.807, 2.05) is 24.3 Å². The van der Waals surface area contributed by atoms with E-state index in [9.17, 15) is 9.59 Å². The molecule has 0 saturated heterocycles. The maximum Gasteiger partial charge on any atom is 0.339 e. The average molecular weight is 387 g/mol. The van der Waals surface area contributed by atoms with Crippen LogP contribution in [0, 0.1) is 0 Å². The number of esters is 1. The van der Waals surface area contributed by atoms with Gasteiger partial charge in [-0.1, -0.05) is 19.1 Å². The number of amides is 1. The minimum Gasteiger partial charge on any atom is -0.493 e. The van der Waals surface area contributed by atoms with Crippen molar-refractivity contribution in [1.82, 2.24) is 0 Å². The smallest absolute Gasteiger partial charge is 0.339 e. The Morgan fingerprint density at radius 1 is 0.964 bits per heavy atom. The lowest BCUT2D eigenvalue weighted by Gasteiger charge is -2.16. The number of benzene rings is 2.